The summed E-state index contributed by atoms with van der Waals surface area (Å²) in [6.45, 7) is 5.39. The van der Waals surface area contributed by atoms with Crippen molar-refractivity contribution < 1.29 is 0 Å². The molecule has 2 heteroatoms. The third kappa shape index (κ3) is 2.58. The number of hydrogen-bond acceptors (Lipinski definition) is 2. The summed E-state index contributed by atoms with van der Waals surface area (Å²) in [6.07, 6.45) is 2.34. The molecular formula is C13H20N2. The maximum Gasteiger partial charge on any atom is 0.0236 e. The second-order valence-electron chi connectivity index (χ2n) is 4.46. The van der Waals surface area contributed by atoms with Crippen molar-refractivity contribution in [3.8, 4) is 0 Å². The molecule has 2 nitrogen and oxygen atoms in total. The first-order valence-corrected chi connectivity index (χ1v) is 5.81. The Morgan fingerprint density at radius 2 is 1.93 bits per heavy atom. The molecule has 1 aromatic carbocycles. The zero-order valence-electron chi connectivity index (χ0n) is 9.45. The van der Waals surface area contributed by atoms with Crippen molar-refractivity contribution in [2.45, 2.75) is 32.4 Å². The van der Waals surface area contributed by atoms with Crippen LogP contribution in [0.25, 0.3) is 0 Å². The average Bonchev–Trinajstić information content (AvgIpc) is 2.26. The van der Waals surface area contributed by atoms with Crippen LogP contribution in [0.15, 0.2) is 24.3 Å². The van der Waals surface area contributed by atoms with Gasteiger partial charge in [-0.25, -0.2) is 0 Å². The van der Waals surface area contributed by atoms with Crippen LogP contribution >= 0.6 is 0 Å². The fourth-order valence-electron chi connectivity index (χ4n) is 2.02. The fraction of sp³-hybridized carbons (Fsp3) is 0.538. The van der Waals surface area contributed by atoms with Crippen molar-refractivity contribution in [1.29, 1.82) is 0 Å². The van der Waals surface area contributed by atoms with Crippen LogP contribution in [0.5, 0.6) is 0 Å². The van der Waals surface area contributed by atoms with Crippen LogP contribution in [0.3, 0.4) is 0 Å². The van der Waals surface area contributed by atoms with Gasteiger partial charge in [-0.15, -0.1) is 0 Å². The molecule has 1 aliphatic heterocycles. The van der Waals surface area contributed by atoms with E-state index in [0.29, 0.717) is 0 Å². The molecule has 0 aliphatic carbocycles. The number of likely N-dealkylation sites (tertiary alicyclic amines) is 1. The molecule has 0 spiro atoms. The molecule has 0 saturated carbocycles. The van der Waals surface area contributed by atoms with Gasteiger partial charge in [-0.1, -0.05) is 24.3 Å². The van der Waals surface area contributed by atoms with Gasteiger partial charge in [-0.2, -0.15) is 0 Å². The summed E-state index contributed by atoms with van der Waals surface area (Å²) in [4.78, 5) is 2.51. The second kappa shape index (κ2) is 4.77. The lowest BCUT2D eigenvalue weighted by Gasteiger charge is -2.38. The van der Waals surface area contributed by atoms with Crippen molar-refractivity contribution in [1.82, 2.24) is 4.90 Å². The van der Waals surface area contributed by atoms with Crippen LogP contribution in [-0.4, -0.2) is 24.0 Å². The lowest BCUT2D eigenvalue weighted by Crippen LogP contribution is -2.44. The molecule has 1 fully saturated rings. The summed E-state index contributed by atoms with van der Waals surface area (Å²) in [5, 5.41) is 0. The van der Waals surface area contributed by atoms with Crippen LogP contribution < -0.4 is 5.73 Å². The first kappa shape index (κ1) is 10.7. The fourth-order valence-corrected chi connectivity index (χ4v) is 2.02. The summed E-state index contributed by atoms with van der Waals surface area (Å²) in [7, 11) is 0. The highest BCUT2D eigenvalue weighted by molar-refractivity contribution is 5.23. The number of hydrogen-bond donors (Lipinski definition) is 1. The van der Waals surface area contributed by atoms with E-state index in [-0.39, 0.29) is 0 Å². The van der Waals surface area contributed by atoms with Gasteiger partial charge in [0.25, 0.3) is 0 Å². The lowest BCUT2D eigenvalue weighted by molar-refractivity contribution is 0.0959. The first-order chi connectivity index (χ1) is 7.29. The Hall–Kier alpha value is -0.860. The largest absolute Gasteiger partial charge is 0.330 e. The van der Waals surface area contributed by atoms with Gasteiger partial charge in [0.15, 0.2) is 0 Å². The quantitative estimate of drug-likeness (QED) is 0.810. The van der Waals surface area contributed by atoms with Gasteiger partial charge in [0.2, 0.25) is 0 Å². The zero-order valence-corrected chi connectivity index (χ0v) is 9.45. The molecule has 2 rings (SSSR count). The number of rotatable bonds is 4. The molecule has 1 heterocycles. The Kier molecular flexibility index (Phi) is 3.39. The minimum absolute atomic E-state index is 0.739. The van der Waals surface area contributed by atoms with Crippen molar-refractivity contribution >= 4 is 0 Å². The molecule has 1 aromatic rings. The van der Waals surface area contributed by atoms with E-state index in [4.69, 9.17) is 5.73 Å². The lowest BCUT2D eigenvalue weighted by atomic mass is 10.0. The Bertz CT molecular complexity index is 305. The van der Waals surface area contributed by atoms with E-state index in [0.717, 1.165) is 25.6 Å². The number of nitrogens with two attached hydrogens (primary N) is 1. The van der Waals surface area contributed by atoms with Crippen molar-refractivity contribution in [3.05, 3.63) is 35.4 Å². The third-order valence-corrected chi connectivity index (χ3v) is 3.30. The Balaban J connectivity index is 1.92. The van der Waals surface area contributed by atoms with Gasteiger partial charge in [-0.3, -0.25) is 4.90 Å². The summed E-state index contributed by atoms with van der Waals surface area (Å²) in [5.41, 5.74) is 8.28. The predicted molar refractivity (Wildman–Crippen MR) is 63.7 cm³/mol. The SMILES string of the molecule is CC1CCN1Cc1ccc(CCN)cc1. The van der Waals surface area contributed by atoms with Gasteiger partial charge in [0, 0.05) is 19.1 Å². The Morgan fingerprint density at radius 1 is 1.27 bits per heavy atom. The predicted octanol–water partition coefficient (Wildman–Crippen LogP) is 1.78. The molecule has 1 saturated heterocycles. The molecule has 1 atom stereocenters. The highest BCUT2D eigenvalue weighted by Gasteiger charge is 2.22. The van der Waals surface area contributed by atoms with E-state index < -0.39 is 0 Å². The Labute approximate surface area is 92.1 Å². The average molecular weight is 204 g/mol. The van der Waals surface area contributed by atoms with Gasteiger partial charge >= 0.3 is 0 Å². The summed E-state index contributed by atoms with van der Waals surface area (Å²) < 4.78 is 0. The molecule has 0 radical (unpaired) electrons. The van der Waals surface area contributed by atoms with Crippen LogP contribution in [0.4, 0.5) is 0 Å². The summed E-state index contributed by atoms with van der Waals surface area (Å²) in [6, 6.07) is 9.64. The van der Waals surface area contributed by atoms with Crippen LogP contribution in [0.2, 0.25) is 0 Å². The second-order valence-corrected chi connectivity index (χ2v) is 4.46. The number of nitrogens with zero attached hydrogens (tertiary/aromatic N) is 1. The van der Waals surface area contributed by atoms with Crippen LogP contribution in [-0.2, 0) is 13.0 Å². The number of benzene rings is 1. The summed E-state index contributed by atoms with van der Waals surface area (Å²) >= 11 is 0. The van der Waals surface area contributed by atoms with Gasteiger partial charge in [0.05, 0.1) is 0 Å². The highest BCUT2D eigenvalue weighted by Crippen LogP contribution is 2.19. The van der Waals surface area contributed by atoms with Crippen molar-refractivity contribution in [3.63, 3.8) is 0 Å². The third-order valence-electron chi connectivity index (χ3n) is 3.30. The van der Waals surface area contributed by atoms with E-state index >= 15 is 0 Å². The van der Waals surface area contributed by atoms with Crippen LogP contribution in [0.1, 0.15) is 24.5 Å². The summed E-state index contributed by atoms with van der Waals surface area (Å²) in [5.74, 6) is 0. The van der Waals surface area contributed by atoms with Gasteiger partial charge in [-0.05, 0) is 37.4 Å². The van der Waals surface area contributed by atoms with Gasteiger partial charge in [0.1, 0.15) is 0 Å². The van der Waals surface area contributed by atoms with E-state index in [1.807, 2.05) is 0 Å². The maximum atomic E-state index is 5.52. The standard InChI is InChI=1S/C13H20N2/c1-11-7-9-15(11)10-13-4-2-12(3-5-13)6-8-14/h2-5,11H,6-10,14H2,1H3. The smallest absolute Gasteiger partial charge is 0.0236 e. The minimum atomic E-state index is 0.739. The van der Waals surface area contributed by atoms with Crippen molar-refractivity contribution in [2.75, 3.05) is 13.1 Å². The molecule has 1 aliphatic rings. The highest BCUT2D eigenvalue weighted by atomic mass is 15.2. The monoisotopic (exact) mass is 204 g/mol. The first-order valence-electron chi connectivity index (χ1n) is 5.81. The minimum Gasteiger partial charge on any atom is -0.330 e. The molecule has 0 bridgehead atoms. The Morgan fingerprint density at radius 3 is 2.40 bits per heavy atom. The zero-order chi connectivity index (χ0) is 10.7. The molecule has 0 amide bonds. The topological polar surface area (TPSA) is 29.3 Å². The van der Waals surface area contributed by atoms with E-state index in [9.17, 15) is 0 Å². The van der Waals surface area contributed by atoms with E-state index in [1.165, 1.54) is 24.1 Å². The van der Waals surface area contributed by atoms with Crippen molar-refractivity contribution in [2.24, 2.45) is 5.73 Å². The molecule has 82 valence electrons. The molecule has 0 aromatic heterocycles. The molecule has 15 heavy (non-hydrogen) atoms. The molecule has 1 unspecified atom stereocenters. The normalized spacial score (nSPS) is 21.3. The molecule has 2 N–H and O–H groups in total. The van der Waals surface area contributed by atoms with Gasteiger partial charge < -0.3 is 5.73 Å². The van der Waals surface area contributed by atoms with E-state index in [2.05, 4.69) is 36.1 Å². The van der Waals surface area contributed by atoms with E-state index in [1.54, 1.807) is 0 Å². The molecular weight excluding hydrogens is 184 g/mol. The maximum absolute atomic E-state index is 5.52. The van der Waals surface area contributed by atoms with Crippen LogP contribution in [0, 0.1) is 0 Å².